The van der Waals surface area contributed by atoms with Crippen LogP contribution in [0.25, 0.3) is 10.9 Å². The summed E-state index contributed by atoms with van der Waals surface area (Å²) in [6.45, 7) is 2.35. The van der Waals surface area contributed by atoms with E-state index in [1.165, 1.54) is 12.1 Å². The summed E-state index contributed by atoms with van der Waals surface area (Å²) in [7, 11) is 0. The van der Waals surface area contributed by atoms with Crippen molar-refractivity contribution in [3.05, 3.63) is 41.2 Å². The summed E-state index contributed by atoms with van der Waals surface area (Å²) in [5.41, 5.74) is 8.22. The number of nitrogen functional groups attached to an aromatic ring is 1. The smallest absolute Gasteiger partial charge is 0.335 e. The van der Waals surface area contributed by atoms with Crippen molar-refractivity contribution >= 4 is 28.6 Å². The van der Waals surface area contributed by atoms with E-state index in [2.05, 4.69) is 25.5 Å². The van der Waals surface area contributed by atoms with E-state index in [9.17, 15) is 4.79 Å². The Morgan fingerprint density at radius 1 is 1.36 bits per heavy atom. The van der Waals surface area contributed by atoms with Crippen LogP contribution in [-0.4, -0.2) is 31.2 Å². The maximum atomic E-state index is 11.1. The number of hydrogen-bond donors (Lipinski definition) is 4. The first-order valence-corrected chi connectivity index (χ1v) is 6.58. The molecule has 0 spiro atoms. The van der Waals surface area contributed by atoms with Crippen molar-refractivity contribution in [1.29, 1.82) is 0 Å². The van der Waals surface area contributed by atoms with Gasteiger partial charge in [0.2, 0.25) is 5.95 Å². The van der Waals surface area contributed by atoms with E-state index in [1.54, 1.807) is 6.07 Å². The zero-order chi connectivity index (χ0) is 15.7. The van der Waals surface area contributed by atoms with Gasteiger partial charge in [0.1, 0.15) is 5.82 Å². The number of carboxylic acids is 1. The molecule has 112 valence electrons. The summed E-state index contributed by atoms with van der Waals surface area (Å²) in [6.07, 6.45) is 0. The number of nitrogens with two attached hydrogens (primary N) is 1. The van der Waals surface area contributed by atoms with Gasteiger partial charge in [0.25, 0.3) is 0 Å². The molecule has 22 heavy (non-hydrogen) atoms. The van der Waals surface area contributed by atoms with E-state index >= 15 is 0 Å². The molecule has 2 aromatic heterocycles. The predicted molar refractivity (Wildman–Crippen MR) is 81.6 cm³/mol. The number of carbonyl (C=O) groups is 1. The summed E-state index contributed by atoms with van der Waals surface area (Å²) in [6, 6.07) is 6.52. The Balaban J connectivity index is 1.99. The molecule has 0 aliphatic rings. The number of hydrogen-bond acceptors (Lipinski definition) is 6. The number of aromatic amines is 1. The number of rotatable bonds is 4. The molecule has 0 saturated carbocycles. The summed E-state index contributed by atoms with van der Waals surface area (Å²) >= 11 is 0. The molecule has 1 aromatic carbocycles. The average Bonchev–Trinajstić information content (AvgIpc) is 2.89. The minimum absolute atomic E-state index is 0.122. The molecule has 8 heteroatoms. The Labute approximate surface area is 125 Å². The topological polar surface area (TPSA) is 130 Å². The zero-order valence-corrected chi connectivity index (χ0v) is 11.8. The second-order valence-electron chi connectivity index (χ2n) is 4.86. The third-order valence-corrected chi connectivity index (χ3v) is 3.16. The first-order chi connectivity index (χ1) is 10.5. The molecule has 3 rings (SSSR count). The van der Waals surface area contributed by atoms with E-state index in [1.807, 2.05) is 13.0 Å². The van der Waals surface area contributed by atoms with Crippen molar-refractivity contribution in [1.82, 2.24) is 20.2 Å². The van der Waals surface area contributed by atoms with Crippen LogP contribution >= 0.6 is 0 Å². The molecular weight excluding hydrogens is 284 g/mol. The van der Waals surface area contributed by atoms with Crippen LogP contribution in [0.1, 0.15) is 21.7 Å². The lowest BCUT2D eigenvalue weighted by Crippen LogP contribution is -2.06. The lowest BCUT2D eigenvalue weighted by atomic mass is 10.1. The van der Waals surface area contributed by atoms with Gasteiger partial charge in [-0.15, -0.1) is 0 Å². The van der Waals surface area contributed by atoms with Crippen molar-refractivity contribution in [2.24, 2.45) is 0 Å². The standard InChI is InChI=1S/C14H14N6O2/c1-7-4-9(20-19-7)6-16-12-10-5-8(13(21)22)2-3-11(10)17-14(15)18-12/h2-5H,6H2,1H3,(H,19,20)(H,21,22)(H3,15,16,17,18). The van der Waals surface area contributed by atoms with Gasteiger partial charge in [-0.1, -0.05) is 0 Å². The second kappa shape index (κ2) is 5.32. The molecule has 0 aliphatic heterocycles. The number of carboxylic acid groups (broad SMARTS) is 1. The molecule has 0 saturated heterocycles. The van der Waals surface area contributed by atoms with Crippen LogP contribution in [0.15, 0.2) is 24.3 Å². The fourth-order valence-corrected chi connectivity index (χ4v) is 2.15. The van der Waals surface area contributed by atoms with Gasteiger partial charge in [-0.05, 0) is 31.2 Å². The third-order valence-electron chi connectivity index (χ3n) is 3.16. The van der Waals surface area contributed by atoms with Gasteiger partial charge in [0.05, 0.1) is 23.3 Å². The average molecular weight is 298 g/mol. The van der Waals surface area contributed by atoms with Crippen molar-refractivity contribution in [3.8, 4) is 0 Å². The van der Waals surface area contributed by atoms with Crippen molar-refractivity contribution in [2.75, 3.05) is 11.1 Å². The van der Waals surface area contributed by atoms with Crippen LogP contribution in [-0.2, 0) is 6.54 Å². The van der Waals surface area contributed by atoms with E-state index < -0.39 is 5.97 Å². The molecule has 2 heterocycles. The Morgan fingerprint density at radius 2 is 2.18 bits per heavy atom. The summed E-state index contributed by atoms with van der Waals surface area (Å²) in [5.74, 6) is -0.407. The minimum Gasteiger partial charge on any atom is -0.478 e. The highest BCUT2D eigenvalue weighted by molar-refractivity contribution is 5.97. The van der Waals surface area contributed by atoms with Crippen molar-refractivity contribution in [3.63, 3.8) is 0 Å². The van der Waals surface area contributed by atoms with Crippen LogP contribution in [0.4, 0.5) is 11.8 Å². The van der Waals surface area contributed by atoms with E-state index in [0.717, 1.165) is 11.4 Å². The lowest BCUT2D eigenvalue weighted by Gasteiger charge is -2.09. The zero-order valence-electron chi connectivity index (χ0n) is 11.8. The van der Waals surface area contributed by atoms with E-state index in [0.29, 0.717) is 23.3 Å². The van der Waals surface area contributed by atoms with Crippen LogP contribution < -0.4 is 11.1 Å². The number of anilines is 2. The number of benzene rings is 1. The SMILES string of the molecule is Cc1cc(CNc2nc(N)nc3ccc(C(=O)O)cc23)n[nH]1. The number of nitrogens with one attached hydrogen (secondary N) is 2. The van der Waals surface area contributed by atoms with E-state index in [-0.39, 0.29) is 11.5 Å². The van der Waals surface area contributed by atoms with Gasteiger partial charge in [0, 0.05) is 11.1 Å². The number of fused-ring (bicyclic) bond motifs is 1. The second-order valence-corrected chi connectivity index (χ2v) is 4.86. The van der Waals surface area contributed by atoms with Crippen LogP contribution in [0, 0.1) is 6.92 Å². The Kier molecular flexibility index (Phi) is 3.34. The molecule has 0 amide bonds. The number of H-pyrrole nitrogens is 1. The van der Waals surface area contributed by atoms with Gasteiger partial charge >= 0.3 is 5.97 Å². The van der Waals surface area contributed by atoms with Crippen LogP contribution in [0.5, 0.6) is 0 Å². The van der Waals surface area contributed by atoms with Crippen molar-refractivity contribution < 1.29 is 9.90 Å². The Bertz CT molecular complexity index is 858. The molecule has 0 radical (unpaired) electrons. The summed E-state index contributed by atoms with van der Waals surface area (Å²) < 4.78 is 0. The molecule has 0 atom stereocenters. The maximum absolute atomic E-state index is 11.1. The minimum atomic E-state index is -1.01. The number of aromatic carboxylic acids is 1. The highest BCUT2D eigenvalue weighted by Crippen LogP contribution is 2.23. The quantitative estimate of drug-likeness (QED) is 0.575. The highest BCUT2D eigenvalue weighted by atomic mass is 16.4. The van der Waals surface area contributed by atoms with Gasteiger partial charge in [-0.25, -0.2) is 9.78 Å². The van der Waals surface area contributed by atoms with Crippen LogP contribution in [0.2, 0.25) is 0 Å². The van der Waals surface area contributed by atoms with Gasteiger partial charge in [0.15, 0.2) is 0 Å². The first-order valence-electron chi connectivity index (χ1n) is 6.58. The summed E-state index contributed by atoms with van der Waals surface area (Å²) in [5, 5.41) is 19.8. The van der Waals surface area contributed by atoms with Gasteiger partial charge in [-0.2, -0.15) is 10.1 Å². The molecule has 3 aromatic rings. The van der Waals surface area contributed by atoms with Gasteiger partial charge in [-0.3, -0.25) is 5.10 Å². The molecule has 5 N–H and O–H groups in total. The molecule has 0 unspecified atom stereocenters. The molecule has 0 fully saturated rings. The molecule has 0 aliphatic carbocycles. The first kappa shape index (κ1) is 13.8. The van der Waals surface area contributed by atoms with Crippen LogP contribution in [0.3, 0.4) is 0 Å². The van der Waals surface area contributed by atoms with Crippen molar-refractivity contribution in [2.45, 2.75) is 13.5 Å². The maximum Gasteiger partial charge on any atom is 0.335 e. The third kappa shape index (κ3) is 2.66. The monoisotopic (exact) mass is 298 g/mol. The fraction of sp³-hybridized carbons (Fsp3) is 0.143. The lowest BCUT2D eigenvalue weighted by molar-refractivity contribution is 0.0697. The number of aromatic nitrogens is 4. The van der Waals surface area contributed by atoms with E-state index in [4.69, 9.17) is 10.8 Å². The molecule has 8 nitrogen and oxygen atoms in total. The number of nitrogens with zero attached hydrogens (tertiary/aromatic N) is 3. The fourth-order valence-electron chi connectivity index (χ4n) is 2.15. The largest absolute Gasteiger partial charge is 0.478 e. The Hall–Kier alpha value is -3.16. The molecular formula is C14H14N6O2. The highest BCUT2D eigenvalue weighted by Gasteiger charge is 2.10. The summed E-state index contributed by atoms with van der Waals surface area (Å²) in [4.78, 5) is 19.4. The number of aryl methyl sites for hydroxylation is 1. The van der Waals surface area contributed by atoms with Gasteiger partial charge < -0.3 is 16.2 Å². The normalized spacial score (nSPS) is 10.8. The predicted octanol–water partition coefficient (Wildman–Crippen LogP) is 1.55. The Morgan fingerprint density at radius 3 is 2.86 bits per heavy atom. The molecule has 0 bridgehead atoms.